The van der Waals surface area contributed by atoms with Crippen LogP contribution in [0.15, 0.2) is 52.1 Å². The second-order valence-corrected chi connectivity index (χ2v) is 6.69. The molecule has 0 unspecified atom stereocenters. The van der Waals surface area contributed by atoms with Crippen molar-refractivity contribution >= 4 is 22.8 Å². The van der Waals surface area contributed by atoms with Gasteiger partial charge in [0.2, 0.25) is 0 Å². The van der Waals surface area contributed by atoms with Crippen LogP contribution in [0.25, 0.3) is 22.5 Å². The van der Waals surface area contributed by atoms with Gasteiger partial charge in [0.05, 0.1) is 23.2 Å². The number of fused-ring (bicyclic) bond motifs is 1. The molecule has 0 amide bonds. The second kappa shape index (κ2) is 7.21. The molecule has 0 fully saturated rings. The minimum atomic E-state index is 0.469. The number of nitrogens with one attached hydrogen (secondary N) is 1. The van der Waals surface area contributed by atoms with Gasteiger partial charge < -0.3 is 14.1 Å². The van der Waals surface area contributed by atoms with E-state index in [1.165, 1.54) is 17.3 Å². The maximum Gasteiger partial charge on any atom is 0.277 e. The van der Waals surface area contributed by atoms with Crippen molar-refractivity contribution < 1.29 is 9.15 Å². The summed E-state index contributed by atoms with van der Waals surface area (Å²) in [6.07, 6.45) is 0. The number of benzene rings is 2. The molecule has 0 aliphatic carbocycles. The number of H-pyrrole nitrogens is 1. The fourth-order valence-electron chi connectivity index (χ4n) is 2.72. The molecule has 0 atom stereocenters. The highest BCUT2D eigenvalue weighted by molar-refractivity contribution is 7.98. The molecule has 0 aliphatic rings. The highest BCUT2D eigenvalue weighted by Gasteiger charge is 2.14. The summed E-state index contributed by atoms with van der Waals surface area (Å²) in [7, 11) is 0. The summed E-state index contributed by atoms with van der Waals surface area (Å²) in [6, 6.07) is 13.9. The van der Waals surface area contributed by atoms with E-state index in [-0.39, 0.29) is 0 Å². The molecule has 0 aliphatic heterocycles. The Morgan fingerprint density at radius 2 is 2.04 bits per heavy atom. The van der Waals surface area contributed by atoms with Gasteiger partial charge in [-0.15, -0.1) is 10.2 Å². The number of ether oxygens (including phenoxy) is 1. The Balaban J connectivity index is 1.49. The van der Waals surface area contributed by atoms with Gasteiger partial charge in [-0.2, -0.15) is 0 Å². The predicted octanol–water partition coefficient (Wildman–Crippen LogP) is 4.61. The molecule has 2 heterocycles. The van der Waals surface area contributed by atoms with Crippen molar-refractivity contribution in [2.75, 3.05) is 6.61 Å². The minimum Gasteiger partial charge on any atom is -0.493 e. The molecule has 1 N–H and O–H groups in total. The Labute approximate surface area is 155 Å². The summed E-state index contributed by atoms with van der Waals surface area (Å²) in [5, 5.41) is 8.84. The molecule has 2 aromatic heterocycles. The number of aromatic nitrogens is 4. The summed E-state index contributed by atoms with van der Waals surface area (Å²) < 4.78 is 11.4. The van der Waals surface area contributed by atoms with Gasteiger partial charge in [-0.3, -0.25) is 0 Å². The molecule has 0 saturated heterocycles. The first-order valence-electron chi connectivity index (χ1n) is 8.36. The first-order chi connectivity index (χ1) is 12.7. The number of imidazole rings is 1. The average Bonchev–Trinajstić information content (AvgIpc) is 3.26. The van der Waals surface area contributed by atoms with Gasteiger partial charge in [0.15, 0.2) is 0 Å². The Hall–Kier alpha value is -2.80. The molecule has 2 aromatic carbocycles. The van der Waals surface area contributed by atoms with E-state index in [9.17, 15) is 0 Å². The fourth-order valence-corrected chi connectivity index (χ4v) is 3.43. The van der Waals surface area contributed by atoms with Crippen molar-refractivity contribution in [3.63, 3.8) is 0 Å². The molecule has 0 radical (unpaired) electrons. The lowest BCUT2D eigenvalue weighted by Crippen LogP contribution is -1.93. The number of hydrogen-bond donors (Lipinski definition) is 1. The molecule has 26 heavy (non-hydrogen) atoms. The molecule has 0 bridgehead atoms. The molecule has 6 nitrogen and oxygen atoms in total. The van der Waals surface area contributed by atoms with Crippen molar-refractivity contribution in [1.29, 1.82) is 0 Å². The van der Waals surface area contributed by atoms with Crippen molar-refractivity contribution in [2.24, 2.45) is 0 Å². The summed E-state index contributed by atoms with van der Waals surface area (Å²) in [5.41, 5.74) is 3.99. The van der Waals surface area contributed by atoms with E-state index in [2.05, 4.69) is 32.3 Å². The summed E-state index contributed by atoms with van der Waals surface area (Å²) in [5.74, 6) is 2.87. The zero-order chi connectivity index (χ0) is 17.9. The third-order valence-electron chi connectivity index (χ3n) is 3.85. The van der Waals surface area contributed by atoms with Crippen molar-refractivity contribution in [2.45, 2.75) is 24.8 Å². The number of aryl methyl sites for hydroxylation is 1. The largest absolute Gasteiger partial charge is 0.493 e. The average molecular weight is 366 g/mol. The Morgan fingerprint density at radius 3 is 2.92 bits per heavy atom. The van der Waals surface area contributed by atoms with Crippen LogP contribution >= 0.6 is 11.8 Å². The summed E-state index contributed by atoms with van der Waals surface area (Å²) in [6.45, 7) is 4.49. The Morgan fingerprint density at radius 1 is 1.15 bits per heavy atom. The van der Waals surface area contributed by atoms with Gasteiger partial charge in [0.25, 0.3) is 11.1 Å². The molecule has 7 heteroatoms. The zero-order valence-electron chi connectivity index (χ0n) is 14.5. The normalized spacial score (nSPS) is 11.2. The maximum atomic E-state index is 5.81. The van der Waals surface area contributed by atoms with E-state index in [0.29, 0.717) is 17.7 Å². The van der Waals surface area contributed by atoms with Crippen molar-refractivity contribution in [1.82, 2.24) is 20.2 Å². The first kappa shape index (κ1) is 16.7. The molecular weight excluding hydrogens is 348 g/mol. The first-order valence-corrected chi connectivity index (χ1v) is 9.35. The monoisotopic (exact) mass is 366 g/mol. The van der Waals surface area contributed by atoms with E-state index in [1.807, 2.05) is 44.2 Å². The van der Waals surface area contributed by atoms with Crippen LogP contribution in [0.5, 0.6) is 5.75 Å². The molecule has 4 rings (SSSR count). The standard InChI is InChI=1S/C19H18N4O2S/c1-3-24-17-7-5-4-6-14(17)18-22-23-19(25-18)26-11-13-8-9-15-16(10-13)21-12(2)20-15/h4-10H,3,11H2,1-2H3,(H,20,21). The maximum absolute atomic E-state index is 5.81. The van der Waals surface area contributed by atoms with E-state index >= 15 is 0 Å². The Bertz CT molecular complexity index is 1040. The van der Waals surface area contributed by atoms with Gasteiger partial charge >= 0.3 is 0 Å². The smallest absolute Gasteiger partial charge is 0.277 e. The highest BCUT2D eigenvalue weighted by Crippen LogP contribution is 2.31. The lowest BCUT2D eigenvalue weighted by molar-refractivity contribution is 0.340. The summed E-state index contributed by atoms with van der Waals surface area (Å²) in [4.78, 5) is 7.67. The second-order valence-electron chi connectivity index (χ2n) is 5.76. The molecule has 0 saturated carbocycles. The number of para-hydroxylation sites is 1. The van der Waals surface area contributed by atoms with Gasteiger partial charge in [-0.1, -0.05) is 30.0 Å². The molecular formula is C19H18N4O2S. The van der Waals surface area contributed by atoms with Crippen LogP contribution in [0, 0.1) is 6.92 Å². The van der Waals surface area contributed by atoms with Gasteiger partial charge in [-0.05, 0) is 43.7 Å². The van der Waals surface area contributed by atoms with E-state index in [0.717, 1.165) is 33.9 Å². The van der Waals surface area contributed by atoms with Crippen LogP contribution in [-0.4, -0.2) is 26.8 Å². The fraction of sp³-hybridized carbons (Fsp3) is 0.211. The van der Waals surface area contributed by atoms with Gasteiger partial charge in [0, 0.05) is 5.75 Å². The third kappa shape index (κ3) is 3.43. The Kier molecular flexibility index (Phi) is 4.62. The molecule has 4 aromatic rings. The SMILES string of the molecule is CCOc1ccccc1-c1nnc(SCc2ccc3nc(C)[nH]c3c2)o1. The number of thioether (sulfide) groups is 1. The van der Waals surface area contributed by atoms with Crippen LogP contribution in [0.4, 0.5) is 0 Å². The molecule has 132 valence electrons. The van der Waals surface area contributed by atoms with Gasteiger partial charge in [0.1, 0.15) is 11.6 Å². The zero-order valence-corrected chi connectivity index (χ0v) is 15.3. The van der Waals surface area contributed by atoms with Crippen LogP contribution in [-0.2, 0) is 5.75 Å². The van der Waals surface area contributed by atoms with Crippen LogP contribution < -0.4 is 4.74 Å². The lowest BCUT2D eigenvalue weighted by Gasteiger charge is -2.06. The highest BCUT2D eigenvalue weighted by atomic mass is 32.2. The predicted molar refractivity (Wildman–Crippen MR) is 101 cm³/mol. The number of aromatic amines is 1. The lowest BCUT2D eigenvalue weighted by atomic mass is 10.2. The van der Waals surface area contributed by atoms with Crippen molar-refractivity contribution in [3.05, 3.63) is 53.9 Å². The van der Waals surface area contributed by atoms with Gasteiger partial charge in [-0.25, -0.2) is 4.98 Å². The van der Waals surface area contributed by atoms with E-state index < -0.39 is 0 Å². The van der Waals surface area contributed by atoms with Crippen LogP contribution in [0.1, 0.15) is 18.3 Å². The minimum absolute atomic E-state index is 0.469. The van der Waals surface area contributed by atoms with E-state index in [1.54, 1.807) is 0 Å². The number of nitrogens with zero attached hydrogens (tertiary/aromatic N) is 3. The third-order valence-corrected chi connectivity index (χ3v) is 4.74. The van der Waals surface area contributed by atoms with Crippen LogP contribution in [0.3, 0.4) is 0 Å². The van der Waals surface area contributed by atoms with E-state index in [4.69, 9.17) is 9.15 Å². The quantitative estimate of drug-likeness (QED) is 0.502. The van der Waals surface area contributed by atoms with Crippen molar-refractivity contribution in [3.8, 4) is 17.2 Å². The summed E-state index contributed by atoms with van der Waals surface area (Å²) >= 11 is 1.51. The topological polar surface area (TPSA) is 76.8 Å². The molecule has 0 spiro atoms. The number of rotatable bonds is 6. The van der Waals surface area contributed by atoms with Crippen LogP contribution in [0.2, 0.25) is 0 Å². The number of hydrogen-bond acceptors (Lipinski definition) is 6.